The van der Waals surface area contributed by atoms with Crippen LogP contribution in [-0.4, -0.2) is 30.6 Å². The van der Waals surface area contributed by atoms with Crippen LogP contribution in [0.4, 0.5) is 4.39 Å². The highest BCUT2D eigenvalue weighted by atomic mass is 35.5. The Morgan fingerprint density at radius 3 is 2.89 bits per heavy atom. The quantitative estimate of drug-likeness (QED) is 0.855. The summed E-state index contributed by atoms with van der Waals surface area (Å²) in [6, 6.07) is 5.90. The molecule has 2 rings (SSSR count). The van der Waals surface area contributed by atoms with E-state index >= 15 is 0 Å². The molecule has 0 aliphatic heterocycles. The summed E-state index contributed by atoms with van der Waals surface area (Å²) in [6.45, 7) is 3.58. The van der Waals surface area contributed by atoms with E-state index in [9.17, 15) is 4.39 Å². The van der Waals surface area contributed by atoms with E-state index in [2.05, 4.69) is 24.2 Å². The summed E-state index contributed by atoms with van der Waals surface area (Å²) in [5, 5.41) is 3.87. The fourth-order valence-electron chi connectivity index (χ4n) is 2.08. The SMILES string of the molecule is CC(CNCc1cc(Cl)ccc1F)N(C)C1CC1. The molecule has 1 fully saturated rings. The molecule has 1 aromatic rings. The first kappa shape index (κ1) is 13.8. The summed E-state index contributed by atoms with van der Waals surface area (Å²) in [7, 11) is 2.16. The van der Waals surface area contributed by atoms with E-state index in [0.717, 1.165) is 12.6 Å². The van der Waals surface area contributed by atoms with Gasteiger partial charge in [-0.25, -0.2) is 4.39 Å². The molecule has 100 valence electrons. The van der Waals surface area contributed by atoms with Crippen molar-refractivity contribution in [1.82, 2.24) is 10.2 Å². The Bertz CT molecular complexity index is 407. The van der Waals surface area contributed by atoms with Crippen molar-refractivity contribution < 1.29 is 4.39 Å². The number of hydrogen-bond acceptors (Lipinski definition) is 2. The lowest BCUT2D eigenvalue weighted by Gasteiger charge is -2.24. The van der Waals surface area contributed by atoms with Crippen LogP contribution in [0.25, 0.3) is 0 Å². The van der Waals surface area contributed by atoms with Gasteiger partial charge >= 0.3 is 0 Å². The van der Waals surface area contributed by atoms with E-state index in [1.807, 2.05) is 0 Å². The minimum Gasteiger partial charge on any atom is -0.311 e. The number of nitrogens with one attached hydrogen (secondary N) is 1. The molecule has 1 unspecified atom stereocenters. The van der Waals surface area contributed by atoms with Gasteiger partial charge in [0.2, 0.25) is 0 Å². The molecule has 1 aliphatic carbocycles. The molecule has 0 amide bonds. The van der Waals surface area contributed by atoms with Crippen LogP contribution in [0.5, 0.6) is 0 Å². The first-order valence-electron chi connectivity index (χ1n) is 6.44. The van der Waals surface area contributed by atoms with Crippen LogP contribution < -0.4 is 5.32 Å². The summed E-state index contributed by atoms with van der Waals surface area (Å²) in [6.07, 6.45) is 2.62. The standard InChI is InChI=1S/C14H20ClFN2/c1-10(18(2)13-4-5-13)8-17-9-11-7-12(15)3-6-14(11)16/h3,6-7,10,13,17H,4-5,8-9H2,1-2H3. The van der Waals surface area contributed by atoms with E-state index in [1.54, 1.807) is 12.1 Å². The number of nitrogens with zero attached hydrogens (tertiary/aromatic N) is 1. The molecule has 0 heterocycles. The minimum absolute atomic E-state index is 0.199. The number of hydrogen-bond donors (Lipinski definition) is 1. The maximum atomic E-state index is 13.5. The monoisotopic (exact) mass is 270 g/mol. The topological polar surface area (TPSA) is 15.3 Å². The highest BCUT2D eigenvalue weighted by Gasteiger charge is 2.28. The average molecular weight is 271 g/mol. The van der Waals surface area contributed by atoms with Crippen molar-refractivity contribution in [2.45, 2.75) is 38.4 Å². The van der Waals surface area contributed by atoms with E-state index in [-0.39, 0.29) is 5.82 Å². The number of halogens is 2. The predicted molar refractivity (Wildman–Crippen MR) is 73.4 cm³/mol. The Labute approximate surface area is 113 Å². The van der Waals surface area contributed by atoms with E-state index in [0.29, 0.717) is 23.2 Å². The molecular weight excluding hydrogens is 251 g/mol. The molecule has 0 spiro atoms. The Kier molecular flexibility index (Phi) is 4.60. The second-order valence-electron chi connectivity index (χ2n) is 5.11. The molecular formula is C14H20ClFN2. The molecule has 0 saturated heterocycles. The van der Waals surface area contributed by atoms with Gasteiger partial charge in [-0.1, -0.05) is 11.6 Å². The minimum atomic E-state index is -0.199. The van der Waals surface area contributed by atoms with E-state index in [4.69, 9.17) is 11.6 Å². The molecule has 0 aromatic heterocycles. The zero-order chi connectivity index (χ0) is 13.1. The summed E-state index contributed by atoms with van der Waals surface area (Å²) < 4.78 is 13.5. The lowest BCUT2D eigenvalue weighted by atomic mass is 10.2. The fourth-order valence-corrected chi connectivity index (χ4v) is 2.27. The molecule has 1 aromatic carbocycles. The van der Waals surface area contributed by atoms with Gasteiger partial charge in [0.15, 0.2) is 0 Å². The molecule has 1 atom stereocenters. The third-order valence-electron chi connectivity index (χ3n) is 3.58. The summed E-state index contributed by atoms with van der Waals surface area (Å²) >= 11 is 5.86. The fraction of sp³-hybridized carbons (Fsp3) is 0.571. The second-order valence-corrected chi connectivity index (χ2v) is 5.55. The van der Waals surface area contributed by atoms with Gasteiger partial charge in [0.1, 0.15) is 5.82 Å². The maximum absolute atomic E-state index is 13.5. The van der Waals surface area contributed by atoms with Crippen LogP contribution in [0.1, 0.15) is 25.3 Å². The molecule has 18 heavy (non-hydrogen) atoms. The van der Waals surface area contributed by atoms with E-state index in [1.165, 1.54) is 18.9 Å². The lowest BCUT2D eigenvalue weighted by molar-refractivity contribution is 0.241. The molecule has 0 bridgehead atoms. The van der Waals surface area contributed by atoms with Gasteiger partial charge in [-0.15, -0.1) is 0 Å². The van der Waals surface area contributed by atoms with Crippen LogP contribution in [0.3, 0.4) is 0 Å². The lowest BCUT2D eigenvalue weighted by Crippen LogP contribution is -2.39. The number of likely N-dealkylation sites (N-methyl/N-ethyl adjacent to an activating group) is 1. The first-order valence-corrected chi connectivity index (χ1v) is 6.82. The Hall–Kier alpha value is -0.640. The van der Waals surface area contributed by atoms with E-state index < -0.39 is 0 Å². The van der Waals surface area contributed by atoms with Gasteiger partial charge in [-0.3, -0.25) is 4.90 Å². The van der Waals surface area contributed by atoms with Crippen LogP contribution in [0, 0.1) is 5.82 Å². The molecule has 2 nitrogen and oxygen atoms in total. The summed E-state index contributed by atoms with van der Waals surface area (Å²) in [5.41, 5.74) is 0.628. The average Bonchev–Trinajstić information content (AvgIpc) is 3.16. The van der Waals surface area contributed by atoms with Crippen molar-refractivity contribution in [2.75, 3.05) is 13.6 Å². The van der Waals surface area contributed by atoms with Crippen molar-refractivity contribution in [3.05, 3.63) is 34.6 Å². The van der Waals surface area contributed by atoms with Gasteiger partial charge in [0.25, 0.3) is 0 Å². The van der Waals surface area contributed by atoms with Crippen molar-refractivity contribution in [1.29, 1.82) is 0 Å². The maximum Gasteiger partial charge on any atom is 0.127 e. The smallest absolute Gasteiger partial charge is 0.127 e. The zero-order valence-electron chi connectivity index (χ0n) is 10.9. The third-order valence-corrected chi connectivity index (χ3v) is 3.82. The first-order chi connectivity index (χ1) is 8.58. The van der Waals surface area contributed by atoms with Gasteiger partial charge in [-0.2, -0.15) is 0 Å². The Balaban J connectivity index is 1.78. The highest BCUT2D eigenvalue weighted by molar-refractivity contribution is 6.30. The Morgan fingerprint density at radius 1 is 1.50 bits per heavy atom. The molecule has 1 aliphatic rings. The van der Waals surface area contributed by atoms with Crippen LogP contribution in [0.2, 0.25) is 5.02 Å². The normalized spacial score (nSPS) is 17.2. The highest BCUT2D eigenvalue weighted by Crippen LogP contribution is 2.26. The van der Waals surface area contributed by atoms with Crippen molar-refractivity contribution in [3.63, 3.8) is 0 Å². The largest absolute Gasteiger partial charge is 0.311 e. The molecule has 0 radical (unpaired) electrons. The van der Waals surface area contributed by atoms with Crippen molar-refractivity contribution >= 4 is 11.6 Å². The third kappa shape index (κ3) is 3.67. The summed E-state index contributed by atoms with van der Waals surface area (Å²) in [4.78, 5) is 2.39. The van der Waals surface area contributed by atoms with Gasteiger partial charge in [0, 0.05) is 35.8 Å². The van der Waals surface area contributed by atoms with Gasteiger partial charge in [0.05, 0.1) is 0 Å². The zero-order valence-corrected chi connectivity index (χ0v) is 11.7. The Morgan fingerprint density at radius 2 is 2.22 bits per heavy atom. The summed E-state index contributed by atoms with van der Waals surface area (Å²) in [5.74, 6) is -0.199. The van der Waals surface area contributed by atoms with Gasteiger partial charge < -0.3 is 5.32 Å². The molecule has 1 saturated carbocycles. The molecule has 4 heteroatoms. The second kappa shape index (κ2) is 6.00. The van der Waals surface area contributed by atoms with Crippen LogP contribution in [-0.2, 0) is 6.54 Å². The predicted octanol–water partition coefficient (Wildman–Crippen LogP) is 3.05. The van der Waals surface area contributed by atoms with Crippen molar-refractivity contribution in [2.24, 2.45) is 0 Å². The molecule has 1 N–H and O–H groups in total. The number of benzene rings is 1. The van der Waals surface area contributed by atoms with Crippen LogP contribution >= 0.6 is 11.6 Å². The van der Waals surface area contributed by atoms with Crippen LogP contribution in [0.15, 0.2) is 18.2 Å². The number of rotatable bonds is 6. The van der Waals surface area contributed by atoms with Crippen molar-refractivity contribution in [3.8, 4) is 0 Å². The van der Waals surface area contributed by atoms with Gasteiger partial charge in [-0.05, 0) is 45.0 Å².